The molecule has 0 radical (unpaired) electrons. The van der Waals surface area contributed by atoms with Crippen LogP contribution in [0.4, 0.5) is 22.0 Å². The Kier molecular flexibility index (Phi) is 8.60. The molecule has 0 spiro atoms. The van der Waals surface area contributed by atoms with E-state index >= 15 is 4.39 Å². The third-order valence-electron chi connectivity index (χ3n) is 7.09. The van der Waals surface area contributed by atoms with E-state index in [1.807, 2.05) is 20.8 Å². The lowest BCUT2D eigenvalue weighted by Gasteiger charge is -2.45. The number of hydrogen-bond donors (Lipinski definition) is 0. The maximum atomic E-state index is 15.3. The van der Waals surface area contributed by atoms with Crippen molar-refractivity contribution in [3.63, 3.8) is 0 Å². The SMILES string of the molecule is CC(F)C(F)(F)COc1ccc(/C=C/c2ncn(CC(Cn3cncn3)(c3ccc(F)cc3F)C(C)(C)C)n2)cc1. The molecule has 0 fully saturated rings. The first-order chi connectivity index (χ1) is 19.3. The van der Waals surface area contributed by atoms with Gasteiger partial charge >= 0.3 is 5.92 Å². The standard InChI is InChI=1S/C29H31F5N6O/c1-20(30)29(33,34)16-41-23-9-5-21(6-10-23)7-12-26-36-19-40(38-26)15-28(27(2,3)4,14-39-18-35-17-37-39)24-11-8-22(31)13-25(24)32/h5-13,17-20H,14-16H2,1-4H3/b12-7+. The highest BCUT2D eigenvalue weighted by molar-refractivity contribution is 5.66. The van der Waals surface area contributed by atoms with Gasteiger partial charge < -0.3 is 4.74 Å². The van der Waals surface area contributed by atoms with Gasteiger partial charge in [0.2, 0.25) is 0 Å². The van der Waals surface area contributed by atoms with E-state index in [0.717, 1.165) is 18.6 Å². The summed E-state index contributed by atoms with van der Waals surface area (Å²) in [5.41, 5.74) is -0.437. The summed E-state index contributed by atoms with van der Waals surface area (Å²) in [6.07, 6.45) is 5.55. The summed E-state index contributed by atoms with van der Waals surface area (Å²) in [5.74, 6) is -4.36. The lowest BCUT2D eigenvalue weighted by atomic mass is 9.62. The lowest BCUT2D eigenvalue weighted by molar-refractivity contribution is -0.0941. The average Bonchev–Trinajstić information content (AvgIpc) is 3.58. The number of nitrogens with zero attached hydrogens (tertiary/aromatic N) is 6. The zero-order valence-corrected chi connectivity index (χ0v) is 23.1. The van der Waals surface area contributed by atoms with Crippen LogP contribution in [-0.2, 0) is 18.5 Å². The summed E-state index contributed by atoms with van der Waals surface area (Å²) in [7, 11) is 0. The first kappa shape index (κ1) is 29.9. The topological polar surface area (TPSA) is 70.7 Å². The van der Waals surface area contributed by atoms with Crippen LogP contribution >= 0.6 is 0 Å². The monoisotopic (exact) mass is 574 g/mol. The summed E-state index contributed by atoms with van der Waals surface area (Å²) in [4.78, 5) is 8.36. The Labute approximate surface area is 234 Å². The van der Waals surface area contributed by atoms with Crippen molar-refractivity contribution in [2.75, 3.05) is 6.61 Å². The second kappa shape index (κ2) is 11.8. The van der Waals surface area contributed by atoms with Gasteiger partial charge in [-0.15, -0.1) is 0 Å². The summed E-state index contributed by atoms with van der Waals surface area (Å²) in [6, 6.07) is 9.87. The largest absolute Gasteiger partial charge is 0.487 e. The van der Waals surface area contributed by atoms with Gasteiger partial charge in [0, 0.05) is 11.5 Å². The molecular formula is C29H31F5N6O. The lowest BCUT2D eigenvalue weighted by Crippen LogP contribution is -2.48. The van der Waals surface area contributed by atoms with Gasteiger partial charge in [0.1, 0.15) is 36.4 Å². The minimum atomic E-state index is -3.58. The highest BCUT2D eigenvalue weighted by atomic mass is 19.3. The second-order valence-corrected chi connectivity index (χ2v) is 10.9. The van der Waals surface area contributed by atoms with E-state index in [4.69, 9.17) is 4.74 Å². The van der Waals surface area contributed by atoms with Gasteiger partial charge in [0.05, 0.1) is 13.1 Å². The normalized spacial score (nSPS) is 14.8. The predicted octanol–water partition coefficient (Wildman–Crippen LogP) is 6.37. The summed E-state index contributed by atoms with van der Waals surface area (Å²) in [6.45, 7) is 6.08. The molecule has 4 aromatic rings. The number of rotatable bonds is 11. The molecule has 218 valence electrons. The molecule has 0 saturated heterocycles. The second-order valence-electron chi connectivity index (χ2n) is 10.9. The van der Waals surface area contributed by atoms with Crippen molar-refractivity contribution in [3.8, 4) is 5.75 Å². The zero-order valence-electron chi connectivity index (χ0n) is 23.1. The number of alkyl halides is 3. The first-order valence-electron chi connectivity index (χ1n) is 12.9. The molecule has 2 heterocycles. The zero-order chi connectivity index (χ0) is 29.8. The van der Waals surface area contributed by atoms with E-state index in [0.29, 0.717) is 11.4 Å². The molecule has 0 aliphatic rings. The van der Waals surface area contributed by atoms with E-state index in [-0.39, 0.29) is 18.8 Å². The number of ether oxygens (including phenoxy) is 1. The molecule has 12 heteroatoms. The smallest absolute Gasteiger partial charge is 0.311 e. The fraction of sp³-hybridized carbons (Fsp3) is 0.379. The number of hydrogen-bond acceptors (Lipinski definition) is 5. The van der Waals surface area contributed by atoms with Gasteiger partial charge in [-0.3, -0.25) is 9.36 Å². The fourth-order valence-electron chi connectivity index (χ4n) is 4.45. The van der Waals surface area contributed by atoms with Crippen LogP contribution in [-0.4, -0.2) is 48.2 Å². The molecular weight excluding hydrogens is 543 g/mol. The van der Waals surface area contributed by atoms with Crippen molar-refractivity contribution in [2.24, 2.45) is 5.41 Å². The minimum absolute atomic E-state index is 0.184. The molecule has 0 aliphatic carbocycles. The fourth-order valence-corrected chi connectivity index (χ4v) is 4.45. The van der Waals surface area contributed by atoms with Crippen LogP contribution in [0.1, 0.15) is 44.6 Å². The highest BCUT2D eigenvalue weighted by Crippen LogP contribution is 2.45. The summed E-state index contributed by atoms with van der Waals surface area (Å²) < 4.78 is 77.2. The van der Waals surface area contributed by atoms with E-state index in [1.54, 1.807) is 40.0 Å². The molecule has 7 nitrogen and oxygen atoms in total. The number of halogens is 5. The van der Waals surface area contributed by atoms with Gasteiger partial charge in [-0.25, -0.2) is 23.1 Å². The molecule has 2 atom stereocenters. The van der Waals surface area contributed by atoms with Gasteiger partial charge in [-0.1, -0.05) is 45.0 Å². The first-order valence-corrected chi connectivity index (χ1v) is 12.9. The van der Waals surface area contributed by atoms with Crippen molar-refractivity contribution in [3.05, 3.63) is 90.0 Å². The predicted molar refractivity (Wildman–Crippen MR) is 144 cm³/mol. The third kappa shape index (κ3) is 6.98. The molecule has 0 aliphatic heterocycles. The Morgan fingerprint density at radius 1 is 0.951 bits per heavy atom. The molecule has 4 rings (SSSR count). The molecule has 0 N–H and O–H groups in total. The van der Waals surface area contributed by atoms with Gasteiger partial charge in [0.15, 0.2) is 18.6 Å². The van der Waals surface area contributed by atoms with E-state index < -0.39 is 41.2 Å². The maximum Gasteiger partial charge on any atom is 0.311 e. The molecule has 2 aromatic carbocycles. The third-order valence-corrected chi connectivity index (χ3v) is 7.09. The molecule has 2 unspecified atom stereocenters. The average molecular weight is 575 g/mol. The Morgan fingerprint density at radius 3 is 2.27 bits per heavy atom. The van der Waals surface area contributed by atoms with Gasteiger partial charge in [0.25, 0.3) is 0 Å². The highest BCUT2D eigenvalue weighted by Gasteiger charge is 2.46. The van der Waals surface area contributed by atoms with Crippen molar-refractivity contribution in [1.82, 2.24) is 29.5 Å². The molecule has 0 saturated carbocycles. The van der Waals surface area contributed by atoms with Crippen LogP contribution in [0, 0.1) is 17.0 Å². The summed E-state index contributed by atoms with van der Waals surface area (Å²) >= 11 is 0. The summed E-state index contributed by atoms with van der Waals surface area (Å²) in [5, 5.41) is 8.77. The molecule has 0 bridgehead atoms. The maximum absolute atomic E-state index is 15.3. The van der Waals surface area contributed by atoms with Crippen LogP contribution in [0.15, 0.2) is 61.4 Å². The van der Waals surface area contributed by atoms with Crippen molar-refractivity contribution in [1.29, 1.82) is 0 Å². The van der Waals surface area contributed by atoms with Crippen molar-refractivity contribution >= 4 is 12.2 Å². The minimum Gasteiger partial charge on any atom is -0.487 e. The van der Waals surface area contributed by atoms with Gasteiger partial charge in [-0.2, -0.15) is 19.0 Å². The van der Waals surface area contributed by atoms with Gasteiger partial charge in [-0.05, 0) is 47.7 Å². The van der Waals surface area contributed by atoms with Crippen LogP contribution in [0.3, 0.4) is 0 Å². The van der Waals surface area contributed by atoms with E-state index in [1.165, 1.54) is 36.9 Å². The Balaban J connectivity index is 1.55. The molecule has 0 amide bonds. The van der Waals surface area contributed by atoms with Crippen molar-refractivity contribution < 1.29 is 26.7 Å². The number of benzene rings is 2. The number of aromatic nitrogens is 6. The van der Waals surface area contributed by atoms with E-state index in [9.17, 15) is 17.6 Å². The quantitative estimate of drug-likeness (QED) is 0.195. The Bertz CT molecular complexity index is 1460. The molecule has 2 aromatic heterocycles. The van der Waals surface area contributed by atoms with Crippen molar-refractivity contribution in [2.45, 2.75) is 58.3 Å². The Morgan fingerprint density at radius 2 is 1.66 bits per heavy atom. The Hall–Kier alpha value is -4.09. The van der Waals surface area contributed by atoms with E-state index in [2.05, 4.69) is 20.2 Å². The van der Waals surface area contributed by atoms with Crippen LogP contribution in [0.25, 0.3) is 12.2 Å². The van der Waals surface area contributed by atoms with Crippen LogP contribution in [0.5, 0.6) is 5.75 Å². The van der Waals surface area contributed by atoms with Crippen LogP contribution in [0.2, 0.25) is 0 Å². The van der Waals surface area contributed by atoms with Crippen LogP contribution < -0.4 is 4.74 Å². The molecule has 41 heavy (non-hydrogen) atoms.